The Kier molecular flexibility index (Phi) is 4.33. The Morgan fingerprint density at radius 2 is 2.39 bits per heavy atom. The van der Waals surface area contributed by atoms with E-state index in [9.17, 15) is 4.79 Å². The number of nitrogens with zero attached hydrogens (tertiary/aromatic N) is 1. The highest BCUT2D eigenvalue weighted by Crippen LogP contribution is 2.12. The second kappa shape index (κ2) is 5.98. The zero-order chi connectivity index (χ0) is 13.0. The van der Waals surface area contributed by atoms with Crippen molar-refractivity contribution in [2.75, 3.05) is 0 Å². The van der Waals surface area contributed by atoms with Gasteiger partial charge in [-0.1, -0.05) is 17.7 Å². The fourth-order valence-corrected chi connectivity index (χ4v) is 2.60. The number of aromatic nitrogens is 1. The lowest BCUT2D eigenvalue weighted by molar-refractivity contribution is 0.0935. The van der Waals surface area contributed by atoms with E-state index in [-0.39, 0.29) is 11.9 Å². The molecule has 3 nitrogen and oxygen atoms in total. The smallest absolute Gasteiger partial charge is 0.270 e. The molecule has 2 rings (SSSR count). The first-order chi connectivity index (χ1) is 8.65. The minimum absolute atomic E-state index is 0.0666. The summed E-state index contributed by atoms with van der Waals surface area (Å²) in [5, 5.41) is 5.45. The highest BCUT2D eigenvalue weighted by Gasteiger charge is 2.12. The minimum atomic E-state index is -0.193. The molecule has 2 aromatic rings. The van der Waals surface area contributed by atoms with Gasteiger partial charge in [0.05, 0.1) is 0 Å². The van der Waals surface area contributed by atoms with Crippen molar-refractivity contribution in [3.05, 3.63) is 51.4 Å². The summed E-state index contributed by atoms with van der Waals surface area (Å²) in [7, 11) is 0. The zero-order valence-corrected chi connectivity index (χ0v) is 11.5. The lowest BCUT2D eigenvalue weighted by Gasteiger charge is -2.12. The summed E-state index contributed by atoms with van der Waals surface area (Å²) in [4.78, 5) is 17.2. The molecule has 0 aromatic carbocycles. The van der Waals surface area contributed by atoms with Crippen molar-refractivity contribution in [3.8, 4) is 0 Å². The molecule has 1 N–H and O–H groups in total. The predicted octanol–water partition coefficient (Wildman–Crippen LogP) is 3.16. The first-order valence-electron chi connectivity index (χ1n) is 5.60. The lowest BCUT2D eigenvalue weighted by Crippen LogP contribution is -2.34. The molecule has 2 heterocycles. The second-order valence-corrected chi connectivity index (χ2v) is 5.49. The van der Waals surface area contributed by atoms with Crippen LogP contribution >= 0.6 is 22.9 Å². The number of nitrogens with one attached hydrogen (secondary N) is 1. The Morgan fingerprint density at radius 1 is 1.56 bits per heavy atom. The summed E-state index contributed by atoms with van der Waals surface area (Å²) >= 11 is 7.51. The van der Waals surface area contributed by atoms with E-state index in [1.54, 1.807) is 23.5 Å². The molecule has 0 radical (unpaired) electrons. The molecule has 5 heteroatoms. The third-order valence-electron chi connectivity index (χ3n) is 2.42. The van der Waals surface area contributed by atoms with Crippen LogP contribution in [0.25, 0.3) is 0 Å². The number of hydrogen-bond donors (Lipinski definition) is 1. The first-order valence-corrected chi connectivity index (χ1v) is 6.85. The third-order valence-corrected chi connectivity index (χ3v) is 3.55. The molecule has 1 atom stereocenters. The molecule has 1 amide bonds. The highest BCUT2D eigenvalue weighted by molar-refractivity contribution is 7.09. The predicted molar refractivity (Wildman–Crippen MR) is 74.2 cm³/mol. The summed E-state index contributed by atoms with van der Waals surface area (Å²) in [6.45, 7) is 1.97. The van der Waals surface area contributed by atoms with Crippen molar-refractivity contribution in [2.45, 2.75) is 19.4 Å². The molecule has 18 heavy (non-hydrogen) atoms. The van der Waals surface area contributed by atoms with Gasteiger partial charge in [0.2, 0.25) is 0 Å². The molecule has 0 bridgehead atoms. The maximum Gasteiger partial charge on any atom is 0.270 e. The molecule has 0 aliphatic carbocycles. The number of amides is 1. The molecule has 0 fully saturated rings. The Hall–Kier alpha value is -1.39. The van der Waals surface area contributed by atoms with Crippen LogP contribution in [0.4, 0.5) is 0 Å². The van der Waals surface area contributed by atoms with Crippen molar-refractivity contribution in [1.29, 1.82) is 0 Å². The van der Waals surface area contributed by atoms with Crippen LogP contribution in [0.5, 0.6) is 0 Å². The highest BCUT2D eigenvalue weighted by atomic mass is 35.5. The van der Waals surface area contributed by atoms with E-state index in [0.717, 1.165) is 6.42 Å². The van der Waals surface area contributed by atoms with Crippen molar-refractivity contribution in [2.24, 2.45) is 0 Å². The molecule has 0 aliphatic heterocycles. The maximum atomic E-state index is 11.9. The number of pyridine rings is 1. The SMILES string of the molecule is CC(Cc1cccs1)NC(=O)c1cc(Cl)ccn1. The standard InChI is InChI=1S/C13H13ClN2OS/c1-9(7-11-3-2-6-18-11)16-13(17)12-8-10(14)4-5-15-12/h2-6,8-9H,7H2,1H3,(H,16,17). The Bertz CT molecular complexity index is 528. The number of hydrogen-bond acceptors (Lipinski definition) is 3. The molecular weight excluding hydrogens is 268 g/mol. The van der Waals surface area contributed by atoms with Gasteiger partial charge in [0.15, 0.2) is 0 Å². The maximum absolute atomic E-state index is 11.9. The fourth-order valence-electron chi connectivity index (χ4n) is 1.61. The number of rotatable bonds is 4. The Balaban J connectivity index is 1.95. The van der Waals surface area contributed by atoms with E-state index < -0.39 is 0 Å². The third kappa shape index (κ3) is 3.55. The normalized spacial score (nSPS) is 12.1. The molecule has 1 unspecified atom stereocenters. The summed E-state index contributed by atoms with van der Waals surface area (Å²) in [5.41, 5.74) is 0.348. The van der Waals surface area contributed by atoms with E-state index in [2.05, 4.69) is 16.4 Å². The van der Waals surface area contributed by atoms with Gasteiger partial charge < -0.3 is 5.32 Å². The largest absolute Gasteiger partial charge is 0.348 e. The number of carbonyl (C=O) groups is 1. The van der Waals surface area contributed by atoms with Crippen LogP contribution in [0.15, 0.2) is 35.8 Å². The van der Waals surface area contributed by atoms with Gasteiger partial charge in [0.25, 0.3) is 5.91 Å². The minimum Gasteiger partial charge on any atom is -0.348 e. The molecule has 0 spiro atoms. The number of halogens is 1. The van der Waals surface area contributed by atoms with E-state index in [0.29, 0.717) is 10.7 Å². The van der Waals surface area contributed by atoms with Crippen molar-refractivity contribution >= 4 is 28.8 Å². The van der Waals surface area contributed by atoms with Crippen LogP contribution in [-0.2, 0) is 6.42 Å². The van der Waals surface area contributed by atoms with Gasteiger partial charge in [0, 0.05) is 28.6 Å². The monoisotopic (exact) mass is 280 g/mol. The quantitative estimate of drug-likeness (QED) is 0.935. The van der Waals surface area contributed by atoms with Crippen molar-refractivity contribution in [3.63, 3.8) is 0 Å². The van der Waals surface area contributed by atoms with E-state index in [1.165, 1.54) is 11.1 Å². The van der Waals surface area contributed by atoms with Crippen LogP contribution in [-0.4, -0.2) is 16.9 Å². The van der Waals surface area contributed by atoms with E-state index >= 15 is 0 Å². The summed E-state index contributed by atoms with van der Waals surface area (Å²) < 4.78 is 0. The molecular formula is C13H13ClN2OS. The second-order valence-electron chi connectivity index (χ2n) is 4.02. The van der Waals surface area contributed by atoms with Crippen LogP contribution in [0.1, 0.15) is 22.3 Å². The Morgan fingerprint density at radius 3 is 3.06 bits per heavy atom. The number of thiophene rings is 1. The molecule has 0 saturated heterocycles. The van der Waals surface area contributed by atoms with Gasteiger partial charge in [-0.05, 0) is 30.5 Å². The Labute approximate surface area is 115 Å². The lowest BCUT2D eigenvalue weighted by atomic mass is 10.2. The van der Waals surface area contributed by atoms with Gasteiger partial charge in [-0.2, -0.15) is 0 Å². The fraction of sp³-hybridized carbons (Fsp3) is 0.231. The van der Waals surface area contributed by atoms with E-state index in [1.807, 2.05) is 18.4 Å². The average molecular weight is 281 g/mol. The average Bonchev–Trinajstić information content (AvgIpc) is 2.81. The van der Waals surface area contributed by atoms with Gasteiger partial charge in [-0.25, -0.2) is 0 Å². The van der Waals surface area contributed by atoms with Gasteiger partial charge in [-0.3, -0.25) is 9.78 Å². The van der Waals surface area contributed by atoms with Gasteiger partial charge in [0.1, 0.15) is 5.69 Å². The van der Waals surface area contributed by atoms with Crippen molar-refractivity contribution < 1.29 is 4.79 Å². The zero-order valence-electron chi connectivity index (χ0n) is 9.89. The molecule has 2 aromatic heterocycles. The summed E-state index contributed by atoms with van der Waals surface area (Å²) in [6, 6.07) is 7.34. The van der Waals surface area contributed by atoms with Crippen LogP contribution in [0, 0.1) is 0 Å². The van der Waals surface area contributed by atoms with Crippen LogP contribution in [0.3, 0.4) is 0 Å². The van der Waals surface area contributed by atoms with E-state index in [4.69, 9.17) is 11.6 Å². The molecule has 0 aliphatic rings. The van der Waals surface area contributed by atoms with Crippen LogP contribution < -0.4 is 5.32 Å². The van der Waals surface area contributed by atoms with Gasteiger partial charge in [-0.15, -0.1) is 11.3 Å². The molecule has 94 valence electrons. The summed E-state index contributed by atoms with van der Waals surface area (Å²) in [6.07, 6.45) is 2.35. The number of carbonyl (C=O) groups excluding carboxylic acids is 1. The van der Waals surface area contributed by atoms with Gasteiger partial charge >= 0.3 is 0 Å². The molecule has 0 saturated carbocycles. The van der Waals surface area contributed by atoms with Crippen LogP contribution in [0.2, 0.25) is 5.02 Å². The topological polar surface area (TPSA) is 42.0 Å². The van der Waals surface area contributed by atoms with Crippen molar-refractivity contribution in [1.82, 2.24) is 10.3 Å². The first kappa shape index (κ1) is 13.1. The summed E-state index contributed by atoms with van der Waals surface area (Å²) in [5.74, 6) is -0.193.